The van der Waals surface area contributed by atoms with Gasteiger partial charge < -0.3 is 20.8 Å². The molecule has 0 atom stereocenters. The number of nitrogens with two attached hydrogens (primary N) is 1. The minimum Gasteiger partial charge on any atom is -0.481 e. The molecule has 128 valence electrons. The van der Waals surface area contributed by atoms with Crippen molar-refractivity contribution in [3.05, 3.63) is 23.2 Å². The summed E-state index contributed by atoms with van der Waals surface area (Å²) in [5, 5.41) is 20.4. The molecule has 0 saturated carbocycles. The van der Waals surface area contributed by atoms with Crippen LogP contribution in [0.25, 0.3) is 0 Å². The van der Waals surface area contributed by atoms with Crippen molar-refractivity contribution >= 4 is 28.9 Å². The normalized spacial score (nSPS) is 18.0. The third kappa shape index (κ3) is 4.75. The Labute approximate surface area is 142 Å². The number of carboxylic acid groups (broad SMARTS) is 1. The van der Waals surface area contributed by atoms with Crippen LogP contribution in [-0.2, 0) is 4.79 Å². The molecule has 1 fully saturated rings. The quantitative estimate of drug-likeness (QED) is 0.717. The first-order valence-electron chi connectivity index (χ1n) is 7.84. The van der Waals surface area contributed by atoms with Crippen molar-refractivity contribution in [3.63, 3.8) is 0 Å². The molecule has 0 radical (unpaired) electrons. The first kappa shape index (κ1) is 17.9. The van der Waals surface area contributed by atoms with Crippen molar-refractivity contribution in [2.45, 2.75) is 45.1 Å². The molecule has 0 bridgehead atoms. The molecule has 0 unspecified atom stereocenters. The molecule has 0 aliphatic carbocycles. The Hall–Kier alpha value is -1.46. The van der Waals surface area contributed by atoms with Gasteiger partial charge in [-0.15, -0.1) is 0 Å². The molecular weight excluding hydrogens is 316 g/mol. The predicted molar refractivity (Wildman–Crippen MR) is 92.9 cm³/mol. The third-order valence-corrected chi connectivity index (χ3v) is 4.75. The molecule has 2 rings (SSSR count). The van der Waals surface area contributed by atoms with Crippen LogP contribution in [0.1, 0.15) is 39.5 Å². The highest BCUT2D eigenvalue weighted by molar-refractivity contribution is 6.33. The smallest absolute Gasteiger partial charge is 0.303 e. The van der Waals surface area contributed by atoms with E-state index in [2.05, 4.69) is 4.90 Å². The molecule has 4 N–H and O–H groups in total. The van der Waals surface area contributed by atoms with E-state index in [0.717, 1.165) is 5.69 Å². The monoisotopic (exact) mass is 340 g/mol. The lowest BCUT2D eigenvalue weighted by Crippen LogP contribution is -2.47. The van der Waals surface area contributed by atoms with Gasteiger partial charge in [-0.1, -0.05) is 25.4 Å². The highest BCUT2D eigenvalue weighted by Crippen LogP contribution is 2.39. The fraction of sp³-hybridized carbons (Fsp3) is 0.588. The fourth-order valence-corrected chi connectivity index (χ4v) is 3.79. The Balaban J connectivity index is 2.01. The summed E-state index contributed by atoms with van der Waals surface area (Å²) in [4.78, 5) is 13.1. The Kier molecular flexibility index (Phi) is 5.11. The highest BCUT2D eigenvalue weighted by Gasteiger charge is 2.38. The van der Waals surface area contributed by atoms with Gasteiger partial charge in [0.1, 0.15) is 0 Å². The zero-order valence-corrected chi connectivity index (χ0v) is 14.4. The van der Waals surface area contributed by atoms with Crippen LogP contribution in [0.15, 0.2) is 18.2 Å². The topological polar surface area (TPSA) is 86.8 Å². The van der Waals surface area contributed by atoms with Gasteiger partial charge in [0.25, 0.3) is 0 Å². The lowest BCUT2D eigenvalue weighted by Gasteiger charge is -2.43. The van der Waals surface area contributed by atoms with Crippen LogP contribution in [0, 0.1) is 5.41 Å². The summed E-state index contributed by atoms with van der Waals surface area (Å²) >= 11 is 6.25. The van der Waals surface area contributed by atoms with Crippen LogP contribution in [0.2, 0.25) is 5.02 Å². The Bertz CT molecular complexity index is 581. The molecule has 1 saturated heterocycles. The summed E-state index contributed by atoms with van der Waals surface area (Å²) in [6.07, 6.45) is 1.73. The molecule has 6 heteroatoms. The largest absolute Gasteiger partial charge is 0.481 e. The maximum atomic E-state index is 10.9. The van der Waals surface area contributed by atoms with E-state index in [1.165, 1.54) is 0 Å². The lowest BCUT2D eigenvalue weighted by atomic mass is 9.74. The first-order chi connectivity index (χ1) is 10.6. The molecule has 1 aliphatic heterocycles. The van der Waals surface area contributed by atoms with Gasteiger partial charge in [0.05, 0.1) is 22.7 Å². The van der Waals surface area contributed by atoms with Crippen molar-refractivity contribution in [1.29, 1.82) is 0 Å². The number of aliphatic carboxylic acids is 1. The van der Waals surface area contributed by atoms with Gasteiger partial charge >= 0.3 is 5.97 Å². The van der Waals surface area contributed by atoms with Crippen molar-refractivity contribution < 1.29 is 15.0 Å². The number of rotatable bonds is 5. The molecule has 1 aromatic carbocycles. The van der Waals surface area contributed by atoms with Crippen LogP contribution in [-0.4, -0.2) is 34.9 Å². The highest BCUT2D eigenvalue weighted by atomic mass is 35.5. The van der Waals surface area contributed by atoms with E-state index in [-0.39, 0.29) is 6.42 Å². The summed E-state index contributed by atoms with van der Waals surface area (Å²) in [5.41, 5.74) is 6.02. The van der Waals surface area contributed by atoms with Gasteiger partial charge in [-0.2, -0.15) is 0 Å². The fourth-order valence-electron chi connectivity index (χ4n) is 3.48. The van der Waals surface area contributed by atoms with E-state index in [9.17, 15) is 9.90 Å². The van der Waals surface area contributed by atoms with E-state index in [1.54, 1.807) is 6.07 Å². The number of halogens is 1. The van der Waals surface area contributed by atoms with E-state index in [4.69, 9.17) is 22.4 Å². The molecule has 0 aromatic heterocycles. The van der Waals surface area contributed by atoms with Crippen LogP contribution < -0.4 is 10.6 Å². The average Bonchev–Trinajstić information content (AvgIpc) is 2.37. The number of anilines is 2. The predicted octanol–water partition coefficient (Wildman–Crippen LogP) is 3.14. The zero-order valence-electron chi connectivity index (χ0n) is 13.7. The molecule has 1 aromatic rings. The van der Waals surface area contributed by atoms with E-state index >= 15 is 0 Å². The van der Waals surface area contributed by atoms with E-state index in [0.29, 0.717) is 43.1 Å². The SMILES string of the molecule is CC(C)(CC(=O)O)CC1(O)CCN(c2ccc(N)cc2Cl)CC1. The first-order valence-corrected chi connectivity index (χ1v) is 8.22. The van der Waals surface area contributed by atoms with Crippen LogP contribution in [0.4, 0.5) is 11.4 Å². The molecule has 0 spiro atoms. The van der Waals surface area contributed by atoms with Crippen LogP contribution >= 0.6 is 11.6 Å². The maximum absolute atomic E-state index is 10.9. The number of nitrogens with zero attached hydrogens (tertiary/aromatic N) is 1. The van der Waals surface area contributed by atoms with Crippen LogP contribution in [0.5, 0.6) is 0 Å². The average molecular weight is 341 g/mol. The number of carbonyl (C=O) groups is 1. The van der Waals surface area contributed by atoms with Crippen molar-refractivity contribution in [1.82, 2.24) is 0 Å². The standard InChI is InChI=1S/C17H25ClN2O3/c1-16(2,10-15(21)22)11-17(23)5-7-20(8-6-17)14-4-3-12(19)9-13(14)18/h3-4,9,23H,5-8,10-11,19H2,1-2H3,(H,21,22). The van der Waals surface area contributed by atoms with Gasteiger partial charge in [-0.25, -0.2) is 0 Å². The minimum absolute atomic E-state index is 0.0583. The second-order valence-electron chi connectivity index (χ2n) is 7.33. The summed E-state index contributed by atoms with van der Waals surface area (Å²) in [5.74, 6) is -0.829. The number of benzene rings is 1. The number of hydrogen-bond donors (Lipinski definition) is 3. The molecule has 1 aliphatic rings. The van der Waals surface area contributed by atoms with Crippen LogP contribution in [0.3, 0.4) is 0 Å². The van der Waals surface area contributed by atoms with Crippen molar-refractivity contribution in [2.75, 3.05) is 23.7 Å². The third-order valence-electron chi connectivity index (χ3n) is 4.44. The van der Waals surface area contributed by atoms with Gasteiger partial charge in [-0.05, 0) is 42.9 Å². The number of aliphatic hydroxyl groups is 1. The summed E-state index contributed by atoms with van der Waals surface area (Å²) in [6, 6.07) is 5.45. The Morgan fingerprint density at radius 3 is 2.52 bits per heavy atom. The molecule has 23 heavy (non-hydrogen) atoms. The Morgan fingerprint density at radius 1 is 1.39 bits per heavy atom. The molecular formula is C17H25ClN2O3. The molecule has 1 heterocycles. The van der Waals surface area contributed by atoms with Gasteiger partial charge in [0, 0.05) is 18.8 Å². The number of carboxylic acids is 1. The Morgan fingerprint density at radius 2 is 2.00 bits per heavy atom. The lowest BCUT2D eigenvalue weighted by molar-refractivity contribution is -0.140. The summed E-state index contributed by atoms with van der Waals surface area (Å²) in [7, 11) is 0. The summed E-state index contributed by atoms with van der Waals surface area (Å²) in [6.45, 7) is 5.15. The van der Waals surface area contributed by atoms with Crippen molar-refractivity contribution in [2.24, 2.45) is 5.41 Å². The minimum atomic E-state index is -0.829. The molecule has 5 nitrogen and oxygen atoms in total. The maximum Gasteiger partial charge on any atom is 0.303 e. The second-order valence-corrected chi connectivity index (χ2v) is 7.74. The van der Waals surface area contributed by atoms with E-state index < -0.39 is 17.0 Å². The van der Waals surface area contributed by atoms with Gasteiger partial charge in [0.15, 0.2) is 0 Å². The van der Waals surface area contributed by atoms with Gasteiger partial charge in [-0.3, -0.25) is 4.79 Å². The number of piperidine rings is 1. The van der Waals surface area contributed by atoms with Gasteiger partial charge in [0.2, 0.25) is 0 Å². The van der Waals surface area contributed by atoms with Crippen molar-refractivity contribution in [3.8, 4) is 0 Å². The van der Waals surface area contributed by atoms with E-state index in [1.807, 2.05) is 26.0 Å². The molecule has 0 amide bonds. The number of nitrogen functional groups attached to an aromatic ring is 1. The summed E-state index contributed by atoms with van der Waals surface area (Å²) < 4.78 is 0. The number of hydrogen-bond acceptors (Lipinski definition) is 4. The zero-order chi connectivity index (χ0) is 17.3. The second kappa shape index (κ2) is 6.57.